The zero-order chi connectivity index (χ0) is 15.4. The number of hydrogen-bond acceptors (Lipinski definition) is 2. The summed E-state index contributed by atoms with van der Waals surface area (Å²) in [4.78, 5) is 24.7. The molecule has 0 unspecified atom stereocenters. The Kier molecular flexibility index (Phi) is 6.13. The summed E-state index contributed by atoms with van der Waals surface area (Å²) in [6.07, 6.45) is 1.42. The van der Waals surface area contributed by atoms with E-state index >= 15 is 0 Å². The topological polar surface area (TPSA) is 49.4 Å². The maximum Gasteiger partial charge on any atom is 0.254 e. The highest BCUT2D eigenvalue weighted by atomic mass is 127. The molecule has 1 heterocycles. The maximum atomic E-state index is 12.4. The minimum atomic E-state index is -1.05. The molecule has 0 spiro atoms. The lowest BCUT2D eigenvalue weighted by atomic mass is 10.0. The van der Waals surface area contributed by atoms with Gasteiger partial charge in [0.1, 0.15) is 0 Å². The molecule has 21 heavy (non-hydrogen) atoms. The molecule has 0 atom stereocenters. The molecule has 7 heteroatoms. The molecule has 1 aromatic carbocycles. The molecule has 0 aliphatic carbocycles. The molecule has 0 aromatic heterocycles. The molecular formula is C14H15Cl2IN2O2. The molecule has 2 rings (SSSR count). The summed E-state index contributed by atoms with van der Waals surface area (Å²) in [5.74, 6) is -0.335. The van der Waals surface area contributed by atoms with Crippen LogP contribution >= 0.6 is 45.8 Å². The zero-order valence-electron chi connectivity index (χ0n) is 11.2. The third-order valence-electron chi connectivity index (χ3n) is 3.43. The molecular weight excluding hydrogens is 426 g/mol. The number of carbonyl (C=O) groups is 2. The van der Waals surface area contributed by atoms with Crippen LogP contribution in [0.3, 0.4) is 0 Å². The van der Waals surface area contributed by atoms with Crippen LogP contribution in [0, 0.1) is 3.57 Å². The lowest BCUT2D eigenvalue weighted by Crippen LogP contribution is -2.47. The van der Waals surface area contributed by atoms with Gasteiger partial charge in [-0.15, -0.1) is 0 Å². The normalized spacial score (nSPS) is 16.1. The van der Waals surface area contributed by atoms with Crippen LogP contribution in [0.1, 0.15) is 23.2 Å². The van der Waals surface area contributed by atoms with Crippen molar-refractivity contribution in [2.75, 3.05) is 13.1 Å². The monoisotopic (exact) mass is 440 g/mol. The number of nitrogens with zero attached hydrogens (tertiary/aromatic N) is 1. The van der Waals surface area contributed by atoms with Crippen molar-refractivity contribution in [2.45, 2.75) is 23.7 Å². The maximum absolute atomic E-state index is 12.4. The second-order valence-electron chi connectivity index (χ2n) is 4.86. The number of piperidine rings is 1. The van der Waals surface area contributed by atoms with Gasteiger partial charge in [-0.1, -0.05) is 35.3 Å². The Morgan fingerprint density at radius 2 is 1.86 bits per heavy atom. The van der Waals surface area contributed by atoms with Gasteiger partial charge in [0.15, 0.2) is 4.84 Å². The first kappa shape index (κ1) is 16.8. The Hall–Kier alpha value is -0.530. The van der Waals surface area contributed by atoms with Gasteiger partial charge in [0.05, 0.1) is 5.56 Å². The fourth-order valence-electron chi connectivity index (χ4n) is 2.30. The molecule has 0 radical (unpaired) electrons. The van der Waals surface area contributed by atoms with Gasteiger partial charge < -0.3 is 10.2 Å². The second kappa shape index (κ2) is 7.65. The zero-order valence-corrected chi connectivity index (χ0v) is 14.9. The largest absolute Gasteiger partial charge is 0.351 e. The summed E-state index contributed by atoms with van der Waals surface area (Å²) in [6, 6.07) is 7.56. The highest BCUT2D eigenvalue weighted by Crippen LogP contribution is 2.18. The van der Waals surface area contributed by atoms with Crippen LogP contribution in [-0.2, 0) is 4.79 Å². The highest BCUT2D eigenvalue weighted by molar-refractivity contribution is 14.1. The third kappa shape index (κ3) is 4.47. The minimum Gasteiger partial charge on any atom is -0.351 e. The Balaban J connectivity index is 1.91. The third-order valence-corrected chi connectivity index (χ3v) is 4.77. The number of benzene rings is 1. The number of halogens is 3. The molecule has 4 nitrogen and oxygen atoms in total. The van der Waals surface area contributed by atoms with Crippen LogP contribution in [0.15, 0.2) is 24.3 Å². The average Bonchev–Trinajstić information content (AvgIpc) is 2.47. The summed E-state index contributed by atoms with van der Waals surface area (Å²) >= 11 is 13.2. The van der Waals surface area contributed by atoms with Gasteiger partial charge in [-0.2, -0.15) is 0 Å². The number of alkyl halides is 2. The van der Waals surface area contributed by atoms with E-state index in [9.17, 15) is 9.59 Å². The van der Waals surface area contributed by atoms with E-state index in [2.05, 4.69) is 27.9 Å². The first-order chi connectivity index (χ1) is 9.99. The Morgan fingerprint density at radius 3 is 2.43 bits per heavy atom. The summed E-state index contributed by atoms with van der Waals surface area (Å²) in [6.45, 7) is 1.23. The Morgan fingerprint density at radius 1 is 1.24 bits per heavy atom. The van der Waals surface area contributed by atoms with Gasteiger partial charge >= 0.3 is 0 Å². The van der Waals surface area contributed by atoms with Crippen molar-refractivity contribution in [1.82, 2.24) is 10.2 Å². The number of nitrogens with one attached hydrogen (secondary N) is 1. The number of amides is 2. The first-order valence-electron chi connectivity index (χ1n) is 6.61. The molecule has 1 aliphatic heterocycles. The Labute approximate surface area is 147 Å². The Bertz CT molecular complexity index is 531. The molecule has 1 aromatic rings. The molecule has 1 saturated heterocycles. The predicted molar refractivity (Wildman–Crippen MR) is 91.7 cm³/mol. The number of likely N-dealkylation sites (tertiary alicyclic amines) is 1. The van der Waals surface area contributed by atoms with E-state index in [0.717, 1.165) is 9.13 Å². The SMILES string of the molecule is O=C(NC1CCN(C(=O)c2ccccc2I)CC1)C(Cl)Cl. The van der Waals surface area contributed by atoms with E-state index in [1.54, 1.807) is 0 Å². The lowest BCUT2D eigenvalue weighted by Gasteiger charge is -2.32. The van der Waals surface area contributed by atoms with Crippen molar-refractivity contribution in [3.05, 3.63) is 33.4 Å². The summed E-state index contributed by atoms with van der Waals surface area (Å²) in [5.41, 5.74) is 0.724. The van der Waals surface area contributed by atoms with Gasteiger partial charge in [0.2, 0.25) is 0 Å². The summed E-state index contributed by atoms with van der Waals surface area (Å²) in [7, 11) is 0. The highest BCUT2D eigenvalue weighted by Gasteiger charge is 2.26. The molecule has 0 bridgehead atoms. The first-order valence-corrected chi connectivity index (χ1v) is 8.56. The van der Waals surface area contributed by atoms with E-state index in [-0.39, 0.29) is 17.9 Å². The van der Waals surface area contributed by atoms with E-state index in [0.29, 0.717) is 25.9 Å². The smallest absolute Gasteiger partial charge is 0.254 e. The number of rotatable bonds is 3. The van der Waals surface area contributed by atoms with E-state index in [1.165, 1.54) is 0 Å². The van der Waals surface area contributed by atoms with Crippen LogP contribution < -0.4 is 5.32 Å². The fourth-order valence-corrected chi connectivity index (χ4v) is 3.04. The van der Waals surface area contributed by atoms with Gasteiger partial charge in [-0.3, -0.25) is 9.59 Å². The van der Waals surface area contributed by atoms with Gasteiger partial charge in [-0.25, -0.2) is 0 Å². The van der Waals surface area contributed by atoms with Crippen LogP contribution in [-0.4, -0.2) is 40.7 Å². The van der Waals surface area contributed by atoms with E-state index < -0.39 is 4.84 Å². The molecule has 1 fully saturated rings. The molecule has 1 N–H and O–H groups in total. The van der Waals surface area contributed by atoms with Gasteiger partial charge in [-0.05, 0) is 47.6 Å². The van der Waals surface area contributed by atoms with Crippen molar-refractivity contribution in [3.8, 4) is 0 Å². The fraction of sp³-hybridized carbons (Fsp3) is 0.429. The molecule has 2 amide bonds. The summed E-state index contributed by atoms with van der Waals surface area (Å²) < 4.78 is 0.947. The van der Waals surface area contributed by atoms with Gasteiger partial charge in [0.25, 0.3) is 11.8 Å². The van der Waals surface area contributed by atoms with E-state index in [4.69, 9.17) is 23.2 Å². The van der Waals surface area contributed by atoms with Gasteiger partial charge in [0, 0.05) is 22.7 Å². The summed E-state index contributed by atoms with van der Waals surface area (Å²) in [5, 5.41) is 2.79. The quantitative estimate of drug-likeness (QED) is 0.580. The lowest BCUT2D eigenvalue weighted by molar-refractivity contribution is -0.120. The van der Waals surface area contributed by atoms with Crippen LogP contribution in [0.2, 0.25) is 0 Å². The van der Waals surface area contributed by atoms with Crippen molar-refractivity contribution in [3.63, 3.8) is 0 Å². The van der Waals surface area contributed by atoms with Crippen molar-refractivity contribution < 1.29 is 9.59 Å². The molecule has 114 valence electrons. The molecule has 1 aliphatic rings. The van der Waals surface area contributed by atoms with E-state index in [1.807, 2.05) is 29.2 Å². The molecule has 0 saturated carbocycles. The van der Waals surface area contributed by atoms with Crippen LogP contribution in [0.25, 0.3) is 0 Å². The van der Waals surface area contributed by atoms with Crippen molar-refractivity contribution in [1.29, 1.82) is 0 Å². The van der Waals surface area contributed by atoms with Crippen molar-refractivity contribution in [2.24, 2.45) is 0 Å². The standard InChI is InChI=1S/C14H15Cl2IN2O2/c15-12(16)13(20)18-9-5-7-19(8-6-9)14(21)10-3-1-2-4-11(10)17/h1-4,9,12H,5-8H2,(H,18,20). The van der Waals surface area contributed by atoms with Crippen molar-refractivity contribution >= 4 is 57.6 Å². The van der Waals surface area contributed by atoms with Crippen LogP contribution in [0.5, 0.6) is 0 Å². The predicted octanol–water partition coefficient (Wildman–Crippen LogP) is 2.82. The second-order valence-corrected chi connectivity index (χ2v) is 7.11. The number of carbonyl (C=O) groups excluding carboxylic acids is 2. The van der Waals surface area contributed by atoms with Crippen LogP contribution in [0.4, 0.5) is 0 Å². The average molecular weight is 441 g/mol. The minimum absolute atomic E-state index is 0.0244. The number of hydrogen-bond donors (Lipinski definition) is 1.